The summed E-state index contributed by atoms with van der Waals surface area (Å²) in [5.74, 6) is 4.59. The molecule has 0 aromatic carbocycles. The van der Waals surface area contributed by atoms with Crippen molar-refractivity contribution < 1.29 is 9.26 Å². The van der Waals surface area contributed by atoms with E-state index in [4.69, 9.17) is 9.26 Å². The average Bonchev–Trinajstić information content (AvgIpc) is 3.38. The SMILES string of the molecule is C/C1=C2\C[C@H]3[C@@H](CC[C@@H]4Cc5nocc5C[C@@]43C)[C@@H]2CC[C@H](C)[C@@H]2NC[C@@H](C)C[C@H]2OC1. The van der Waals surface area contributed by atoms with E-state index in [0.717, 1.165) is 49.7 Å². The van der Waals surface area contributed by atoms with E-state index >= 15 is 0 Å². The Balaban J connectivity index is 1.30. The molecule has 5 aliphatic rings. The van der Waals surface area contributed by atoms with Crippen molar-refractivity contribution >= 4 is 0 Å². The summed E-state index contributed by atoms with van der Waals surface area (Å²) in [7, 11) is 0. The van der Waals surface area contributed by atoms with Gasteiger partial charge in [0, 0.05) is 11.6 Å². The zero-order valence-corrected chi connectivity index (χ0v) is 20.5. The Hall–Kier alpha value is -1.13. The standard InChI is InChI=1S/C28H42N2O2/c1-16-9-26-27(29-13-16)17(2)5-7-21-22-8-6-20-10-25-19(15-32-30-25)12-28(20,4)24(22)11-23(21)18(3)14-31-26/h15-17,20-22,24,26-27,29H,5-14H2,1-4H3/b23-18-/t16-,17-,20+,21-,22-,24-,26+,27-,28-/m0/s1. The second-order valence-corrected chi connectivity index (χ2v) is 12.5. The molecule has 0 radical (unpaired) electrons. The van der Waals surface area contributed by atoms with E-state index in [-0.39, 0.29) is 0 Å². The van der Waals surface area contributed by atoms with Crippen LogP contribution in [-0.2, 0) is 17.6 Å². The molecule has 6 rings (SSSR count). The molecule has 0 spiro atoms. The van der Waals surface area contributed by atoms with Gasteiger partial charge in [0.15, 0.2) is 0 Å². The molecule has 0 unspecified atom stereocenters. The zero-order valence-electron chi connectivity index (χ0n) is 20.5. The van der Waals surface area contributed by atoms with Gasteiger partial charge in [0.05, 0.1) is 18.4 Å². The number of allylic oxidation sites excluding steroid dienone is 1. The molecule has 0 bridgehead atoms. The van der Waals surface area contributed by atoms with E-state index in [1.807, 2.05) is 6.26 Å². The lowest BCUT2D eigenvalue weighted by molar-refractivity contribution is -0.0156. The maximum atomic E-state index is 6.66. The van der Waals surface area contributed by atoms with Crippen molar-refractivity contribution in [2.75, 3.05) is 13.2 Å². The molecular weight excluding hydrogens is 396 g/mol. The number of nitrogens with one attached hydrogen (secondary N) is 1. The Morgan fingerprint density at radius 3 is 2.88 bits per heavy atom. The van der Waals surface area contributed by atoms with Gasteiger partial charge in [-0.2, -0.15) is 0 Å². The first-order chi connectivity index (χ1) is 15.4. The summed E-state index contributed by atoms with van der Waals surface area (Å²) < 4.78 is 12.1. The predicted octanol–water partition coefficient (Wildman–Crippen LogP) is 5.57. The van der Waals surface area contributed by atoms with Crippen LogP contribution in [0.1, 0.15) is 77.5 Å². The highest BCUT2D eigenvalue weighted by Gasteiger charge is 2.56. The lowest BCUT2D eigenvalue weighted by atomic mass is 9.52. The first kappa shape index (κ1) is 21.4. The maximum Gasteiger partial charge on any atom is 0.127 e. The third kappa shape index (κ3) is 3.35. The van der Waals surface area contributed by atoms with Crippen molar-refractivity contribution in [1.29, 1.82) is 0 Å². The summed E-state index contributed by atoms with van der Waals surface area (Å²) in [5, 5.41) is 8.20. The second kappa shape index (κ2) is 7.98. The minimum Gasteiger partial charge on any atom is -0.372 e. The van der Waals surface area contributed by atoms with Gasteiger partial charge in [0.25, 0.3) is 0 Å². The van der Waals surface area contributed by atoms with Crippen molar-refractivity contribution in [2.45, 2.75) is 91.2 Å². The largest absolute Gasteiger partial charge is 0.372 e. The van der Waals surface area contributed by atoms with Crippen molar-refractivity contribution in [1.82, 2.24) is 10.5 Å². The maximum absolute atomic E-state index is 6.66. The Kier molecular flexibility index (Phi) is 5.34. The van der Waals surface area contributed by atoms with Crippen LogP contribution in [0.3, 0.4) is 0 Å². The normalized spacial score (nSPS) is 48.8. The number of hydrogen-bond acceptors (Lipinski definition) is 4. The van der Waals surface area contributed by atoms with Crippen LogP contribution in [0.2, 0.25) is 0 Å². The second-order valence-electron chi connectivity index (χ2n) is 12.5. The molecule has 9 atom stereocenters. The Morgan fingerprint density at radius 2 is 2.00 bits per heavy atom. The van der Waals surface area contributed by atoms with Crippen LogP contribution in [-0.4, -0.2) is 30.5 Å². The molecule has 1 N–H and O–H groups in total. The van der Waals surface area contributed by atoms with Crippen LogP contribution in [0.5, 0.6) is 0 Å². The summed E-state index contributed by atoms with van der Waals surface area (Å²) in [6.07, 6.45) is 12.6. The van der Waals surface area contributed by atoms with Crippen LogP contribution in [0.15, 0.2) is 21.9 Å². The van der Waals surface area contributed by atoms with Gasteiger partial charge >= 0.3 is 0 Å². The molecule has 176 valence electrons. The number of aromatic nitrogens is 1. The Bertz CT molecular complexity index is 890. The van der Waals surface area contributed by atoms with Crippen LogP contribution in [0, 0.1) is 40.9 Å². The topological polar surface area (TPSA) is 47.3 Å². The van der Waals surface area contributed by atoms with Crippen molar-refractivity contribution in [3.05, 3.63) is 28.7 Å². The highest BCUT2D eigenvalue weighted by atomic mass is 16.5. The third-order valence-corrected chi connectivity index (χ3v) is 10.6. The molecule has 1 aromatic rings. The lowest BCUT2D eigenvalue weighted by Gasteiger charge is -2.52. The van der Waals surface area contributed by atoms with Crippen molar-refractivity contribution in [3.8, 4) is 0 Å². The molecule has 1 aromatic heterocycles. The molecule has 32 heavy (non-hydrogen) atoms. The van der Waals surface area contributed by atoms with E-state index in [2.05, 4.69) is 38.2 Å². The van der Waals surface area contributed by atoms with Gasteiger partial charge in [-0.15, -0.1) is 0 Å². The van der Waals surface area contributed by atoms with Crippen molar-refractivity contribution in [3.63, 3.8) is 0 Å². The minimum absolute atomic E-state index is 0.372. The smallest absolute Gasteiger partial charge is 0.127 e. The monoisotopic (exact) mass is 438 g/mol. The van der Waals surface area contributed by atoms with Gasteiger partial charge in [0.1, 0.15) is 6.26 Å². The number of nitrogens with zero attached hydrogens (tertiary/aromatic N) is 1. The van der Waals surface area contributed by atoms with Crippen molar-refractivity contribution in [2.24, 2.45) is 40.9 Å². The number of piperidine rings is 1. The Morgan fingerprint density at radius 1 is 1.12 bits per heavy atom. The summed E-state index contributed by atoms with van der Waals surface area (Å²) in [6.45, 7) is 11.8. The summed E-state index contributed by atoms with van der Waals surface area (Å²) in [6, 6.07) is 0.524. The van der Waals surface area contributed by atoms with Gasteiger partial charge in [-0.1, -0.05) is 31.5 Å². The molecule has 2 aliphatic heterocycles. The van der Waals surface area contributed by atoms with E-state index < -0.39 is 0 Å². The van der Waals surface area contributed by atoms with E-state index in [0.29, 0.717) is 29.4 Å². The number of hydrogen-bond donors (Lipinski definition) is 1. The van der Waals surface area contributed by atoms with Gasteiger partial charge in [-0.3, -0.25) is 0 Å². The Labute approximate surface area is 193 Å². The predicted molar refractivity (Wildman–Crippen MR) is 126 cm³/mol. The number of fused-ring (bicyclic) bond motifs is 7. The fourth-order valence-electron chi connectivity index (χ4n) is 8.74. The van der Waals surface area contributed by atoms with Gasteiger partial charge in [-0.25, -0.2) is 0 Å². The quantitative estimate of drug-likeness (QED) is 0.538. The van der Waals surface area contributed by atoms with Crippen LogP contribution < -0.4 is 5.32 Å². The minimum atomic E-state index is 0.372. The number of ether oxygens (including phenoxy) is 1. The van der Waals surface area contributed by atoms with Gasteiger partial charge in [-0.05, 0) is 111 Å². The molecule has 3 fully saturated rings. The van der Waals surface area contributed by atoms with E-state index in [1.165, 1.54) is 49.8 Å². The summed E-state index contributed by atoms with van der Waals surface area (Å²) >= 11 is 0. The average molecular weight is 439 g/mol. The lowest BCUT2D eigenvalue weighted by Crippen LogP contribution is -2.52. The van der Waals surface area contributed by atoms with Crippen LogP contribution in [0.4, 0.5) is 0 Å². The molecule has 3 heterocycles. The number of rotatable bonds is 0. The van der Waals surface area contributed by atoms with Crippen LogP contribution >= 0.6 is 0 Å². The van der Waals surface area contributed by atoms with Crippen LogP contribution in [0.25, 0.3) is 0 Å². The zero-order chi connectivity index (χ0) is 22.0. The molecule has 2 saturated carbocycles. The molecular formula is C28H42N2O2. The summed E-state index contributed by atoms with van der Waals surface area (Å²) in [4.78, 5) is 0. The fraction of sp³-hybridized carbons (Fsp3) is 0.821. The fourth-order valence-corrected chi connectivity index (χ4v) is 8.74. The first-order valence-corrected chi connectivity index (χ1v) is 13.4. The highest BCUT2D eigenvalue weighted by Crippen LogP contribution is 2.62. The molecule has 1 saturated heterocycles. The van der Waals surface area contributed by atoms with Gasteiger partial charge < -0.3 is 14.6 Å². The summed E-state index contributed by atoms with van der Waals surface area (Å²) in [5.41, 5.74) is 6.34. The van der Waals surface area contributed by atoms with E-state index in [1.54, 1.807) is 11.1 Å². The van der Waals surface area contributed by atoms with Gasteiger partial charge in [0.2, 0.25) is 0 Å². The van der Waals surface area contributed by atoms with E-state index in [9.17, 15) is 0 Å². The molecule has 3 aliphatic carbocycles. The molecule has 4 heteroatoms. The third-order valence-electron chi connectivity index (χ3n) is 10.6. The molecule has 4 nitrogen and oxygen atoms in total. The first-order valence-electron chi connectivity index (χ1n) is 13.4. The highest BCUT2D eigenvalue weighted by molar-refractivity contribution is 5.29. The molecule has 0 amide bonds.